The highest BCUT2D eigenvalue weighted by molar-refractivity contribution is 5.85. The second kappa shape index (κ2) is 6.51. The Labute approximate surface area is 64.1 Å². The molecule has 0 aromatic rings. The van der Waals surface area contributed by atoms with Crippen molar-refractivity contribution >= 4 is 18.4 Å². The fourth-order valence-corrected chi connectivity index (χ4v) is 0.257. The predicted octanol–water partition coefficient (Wildman–Crippen LogP) is 0.346. The van der Waals surface area contributed by atoms with Gasteiger partial charge in [-0.25, -0.2) is 9.18 Å². The zero-order valence-corrected chi connectivity index (χ0v) is 5.97. The van der Waals surface area contributed by atoms with Crippen molar-refractivity contribution in [2.75, 3.05) is 6.67 Å². The van der Waals surface area contributed by atoms with E-state index in [1.165, 1.54) is 0 Å². The quantitative estimate of drug-likeness (QED) is 0.599. The third kappa shape index (κ3) is 7.39. The first-order valence-corrected chi connectivity index (χ1v) is 2.39. The number of carbonyl (C=O) groups is 1. The van der Waals surface area contributed by atoms with E-state index >= 15 is 0 Å². The van der Waals surface area contributed by atoms with E-state index in [-0.39, 0.29) is 12.4 Å². The number of hydrogen-bond acceptors (Lipinski definition) is 2. The normalized spacial score (nSPS) is 12.6. The summed E-state index contributed by atoms with van der Waals surface area (Å²) in [5.41, 5.74) is 5.00. The van der Waals surface area contributed by atoms with Crippen molar-refractivity contribution in [2.24, 2.45) is 5.73 Å². The molecular formula is C5H9ClFNO2. The molecule has 0 heterocycles. The number of carboxylic acid groups (broad SMARTS) is 1. The monoisotopic (exact) mass is 169 g/mol. The van der Waals surface area contributed by atoms with E-state index < -0.39 is 18.7 Å². The van der Waals surface area contributed by atoms with Crippen LogP contribution in [-0.4, -0.2) is 23.8 Å². The lowest BCUT2D eigenvalue weighted by molar-refractivity contribution is -0.131. The van der Waals surface area contributed by atoms with E-state index in [2.05, 4.69) is 0 Å². The van der Waals surface area contributed by atoms with Crippen molar-refractivity contribution in [2.45, 2.75) is 6.04 Å². The molecule has 0 aliphatic heterocycles. The van der Waals surface area contributed by atoms with Gasteiger partial charge in [0.15, 0.2) is 0 Å². The van der Waals surface area contributed by atoms with Gasteiger partial charge in [0, 0.05) is 6.08 Å². The maximum absolute atomic E-state index is 11.5. The molecule has 0 saturated heterocycles. The van der Waals surface area contributed by atoms with Crippen LogP contribution in [0.4, 0.5) is 4.39 Å². The van der Waals surface area contributed by atoms with Crippen molar-refractivity contribution in [1.29, 1.82) is 0 Å². The summed E-state index contributed by atoms with van der Waals surface area (Å²) < 4.78 is 11.5. The van der Waals surface area contributed by atoms with E-state index in [1.807, 2.05) is 0 Å². The highest BCUT2D eigenvalue weighted by Gasteiger charge is 1.94. The third-order valence-corrected chi connectivity index (χ3v) is 0.664. The molecule has 0 amide bonds. The Morgan fingerprint density at radius 3 is 2.60 bits per heavy atom. The molecule has 0 aromatic heterocycles. The molecule has 0 aromatic carbocycles. The van der Waals surface area contributed by atoms with Crippen LogP contribution in [-0.2, 0) is 4.79 Å². The number of carboxylic acids is 1. The van der Waals surface area contributed by atoms with Crippen LogP contribution in [0.5, 0.6) is 0 Å². The highest BCUT2D eigenvalue weighted by Crippen LogP contribution is 1.82. The maximum Gasteiger partial charge on any atom is 0.328 e. The Morgan fingerprint density at radius 1 is 1.80 bits per heavy atom. The van der Waals surface area contributed by atoms with E-state index in [0.29, 0.717) is 0 Å². The van der Waals surface area contributed by atoms with Crippen LogP contribution in [0.3, 0.4) is 0 Å². The standard InChI is InChI=1S/C5H8FNO2.ClH/c6-3-4(7)1-2-5(8)9;/h1-2,4H,3,7H2,(H,8,9);1H/t4-;/m0./s1. The lowest BCUT2D eigenvalue weighted by Gasteiger charge is -1.94. The Kier molecular flexibility index (Phi) is 7.88. The summed E-state index contributed by atoms with van der Waals surface area (Å²) in [7, 11) is 0. The molecule has 1 atom stereocenters. The van der Waals surface area contributed by atoms with Crippen molar-refractivity contribution in [1.82, 2.24) is 0 Å². The van der Waals surface area contributed by atoms with Gasteiger partial charge in [0.25, 0.3) is 0 Å². The average Bonchev–Trinajstić information content (AvgIpc) is 1.83. The summed E-state index contributed by atoms with van der Waals surface area (Å²) in [5.74, 6) is -1.11. The van der Waals surface area contributed by atoms with Gasteiger partial charge < -0.3 is 10.8 Å². The largest absolute Gasteiger partial charge is 0.478 e. The van der Waals surface area contributed by atoms with E-state index in [0.717, 1.165) is 12.2 Å². The van der Waals surface area contributed by atoms with Gasteiger partial charge in [0.05, 0.1) is 6.04 Å². The Hall–Kier alpha value is -0.610. The molecule has 0 spiro atoms. The molecule has 0 aliphatic carbocycles. The van der Waals surface area contributed by atoms with Crippen LogP contribution in [0.25, 0.3) is 0 Å². The number of aliphatic carboxylic acids is 1. The molecular weight excluding hydrogens is 161 g/mol. The minimum Gasteiger partial charge on any atom is -0.478 e. The molecule has 10 heavy (non-hydrogen) atoms. The molecule has 60 valence electrons. The number of alkyl halides is 1. The van der Waals surface area contributed by atoms with Crippen molar-refractivity contribution < 1.29 is 14.3 Å². The van der Waals surface area contributed by atoms with Crippen LogP contribution in [0.2, 0.25) is 0 Å². The lowest BCUT2D eigenvalue weighted by Crippen LogP contribution is -2.19. The van der Waals surface area contributed by atoms with Gasteiger partial charge in [0.2, 0.25) is 0 Å². The molecule has 0 saturated carbocycles. The molecule has 0 bridgehead atoms. The number of nitrogens with two attached hydrogens (primary N) is 1. The van der Waals surface area contributed by atoms with Gasteiger partial charge in [0.1, 0.15) is 6.67 Å². The van der Waals surface area contributed by atoms with Gasteiger partial charge >= 0.3 is 5.97 Å². The minimum absolute atomic E-state index is 0. The molecule has 0 fully saturated rings. The zero-order valence-electron chi connectivity index (χ0n) is 5.16. The first kappa shape index (κ1) is 12.1. The molecule has 0 aliphatic rings. The fraction of sp³-hybridized carbons (Fsp3) is 0.400. The van der Waals surface area contributed by atoms with Crippen LogP contribution >= 0.6 is 12.4 Å². The molecule has 5 heteroatoms. The number of halogens is 2. The topological polar surface area (TPSA) is 63.3 Å². The van der Waals surface area contributed by atoms with E-state index in [4.69, 9.17) is 10.8 Å². The van der Waals surface area contributed by atoms with Crippen molar-refractivity contribution in [3.8, 4) is 0 Å². The molecule has 0 rings (SSSR count). The average molecular weight is 170 g/mol. The summed E-state index contributed by atoms with van der Waals surface area (Å²) in [6.45, 7) is -0.732. The summed E-state index contributed by atoms with van der Waals surface area (Å²) >= 11 is 0. The smallest absolute Gasteiger partial charge is 0.328 e. The highest BCUT2D eigenvalue weighted by atomic mass is 35.5. The predicted molar refractivity (Wildman–Crippen MR) is 38.0 cm³/mol. The maximum atomic E-state index is 11.5. The fourth-order valence-electron chi connectivity index (χ4n) is 0.257. The zero-order chi connectivity index (χ0) is 7.28. The summed E-state index contributed by atoms with van der Waals surface area (Å²) in [6, 6.07) is -0.791. The molecule has 0 radical (unpaired) electrons. The second-order valence-corrected chi connectivity index (χ2v) is 1.52. The SMILES string of the molecule is Cl.N[C@@H](C=CC(=O)O)CF. The van der Waals surface area contributed by atoms with E-state index in [9.17, 15) is 9.18 Å². The Bertz CT molecular complexity index is 129. The Balaban J connectivity index is 0. The van der Waals surface area contributed by atoms with Crippen LogP contribution in [0.15, 0.2) is 12.2 Å². The molecule has 3 N–H and O–H groups in total. The summed E-state index contributed by atoms with van der Waals surface area (Å²) in [5, 5.41) is 7.99. The second-order valence-electron chi connectivity index (χ2n) is 1.52. The van der Waals surface area contributed by atoms with Gasteiger partial charge in [-0.2, -0.15) is 0 Å². The summed E-state index contributed by atoms with van der Waals surface area (Å²) in [4.78, 5) is 9.75. The van der Waals surface area contributed by atoms with Gasteiger partial charge in [-0.15, -0.1) is 12.4 Å². The van der Waals surface area contributed by atoms with Crippen molar-refractivity contribution in [3.63, 3.8) is 0 Å². The lowest BCUT2D eigenvalue weighted by atomic mass is 10.3. The molecule has 3 nitrogen and oxygen atoms in total. The minimum atomic E-state index is -1.11. The first-order valence-electron chi connectivity index (χ1n) is 2.39. The molecule has 0 unspecified atom stereocenters. The van der Waals surface area contributed by atoms with Crippen LogP contribution in [0, 0.1) is 0 Å². The van der Waals surface area contributed by atoms with Gasteiger partial charge in [-0.05, 0) is 0 Å². The summed E-state index contributed by atoms with van der Waals surface area (Å²) in [6.07, 6.45) is 1.92. The number of hydrogen-bond donors (Lipinski definition) is 2. The van der Waals surface area contributed by atoms with Gasteiger partial charge in [-0.1, -0.05) is 6.08 Å². The third-order valence-electron chi connectivity index (χ3n) is 0.664. The van der Waals surface area contributed by atoms with Crippen LogP contribution < -0.4 is 5.73 Å². The van der Waals surface area contributed by atoms with Gasteiger partial charge in [-0.3, -0.25) is 0 Å². The van der Waals surface area contributed by atoms with Crippen molar-refractivity contribution in [3.05, 3.63) is 12.2 Å². The number of rotatable bonds is 3. The Morgan fingerprint density at radius 2 is 2.30 bits per heavy atom. The first-order chi connectivity index (χ1) is 4.16. The van der Waals surface area contributed by atoms with Crippen LogP contribution in [0.1, 0.15) is 0 Å². The van der Waals surface area contributed by atoms with E-state index in [1.54, 1.807) is 0 Å².